The third kappa shape index (κ3) is 3.75. The molecule has 2 amide bonds. The Labute approximate surface area is 179 Å². The molecule has 0 spiro atoms. The molecule has 1 aliphatic heterocycles. The highest BCUT2D eigenvalue weighted by atomic mass is 32.2. The molecule has 4 saturated carbocycles. The second kappa shape index (κ2) is 7.52. The molecule has 30 heavy (non-hydrogen) atoms. The molecule has 5 fully saturated rings. The minimum absolute atomic E-state index is 0.00865. The predicted octanol–water partition coefficient (Wildman–Crippen LogP) is 3.27. The Morgan fingerprint density at radius 3 is 2.37 bits per heavy atom. The summed E-state index contributed by atoms with van der Waals surface area (Å²) in [5.41, 5.74) is 0.781. The van der Waals surface area contributed by atoms with Crippen LogP contribution in [-0.4, -0.2) is 43.9 Å². The minimum Gasteiger partial charge on any atom is -0.338 e. The summed E-state index contributed by atoms with van der Waals surface area (Å²) in [5.74, 6) is 2.55. The molecule has 0 radical (unpaired) electrons. The van der Waals surface area contributed by atoms with Gasteiger partial charge in [-0.2, -0.15) is 4.31 Å². The third-order valence-corrected chi connectivity index (χ3v) is 9.95. The van der Waals surface area contributed by atoms with E-state index in [1.165, 1.54) is 19.3 Å². The van der Waals surface area contributed by atoms with E-state index in [0.717, 1.165) is 49.0 Å². The standard InChI is InChI=1S/C23H33N3O3S/c1-16-4-2-3-5-21(16)30(28,29)26-7-6-17(15-26)14-24-22(27)25-23-11-18-8-19(12-23)10-20(9-18)13-23/h2-5,17-20H,6-15H2,1H3,(H2,24,25,27). The molecule has 1 atom stereocenters. The fraction of sp³-hybridized carbons (Fsp3) is 0.696. The highest BCUT2D eigenvalue weighted by Gasteiger charge is 2.51. The monoisotopic (exact) mass is 431 g/mol. The molecule has 1 aromatic carbocycles. The number of aryl methyl sites for hydroxylation is 1. The number of rotatable bonds is 5. The summed E-state index contributed by atoms with van der Waals surface area (Å²) in [6.07, 6.45) is 8.26. The van der Waals surface area contributed by atoms with E-state index in [1.807, 2.05) is 19.1 Å². The van der Waals surface area contributed by atoms with Gasteiger partial charge in [-0.1, -0.05) is 18.2 Å². The van der Waals surface area contributed by atoms with Gasteiger partial charge in [-0.15, -0.1) is 0 Å². The molecule has 164 valence electrons. The summed E-state index contributed by atoms with van der Waals surface area (Å²) >= 11 is 0. The lowest BCUT2D eigenvalue weighted by Crippen LogP contribution is -2.61. The maximum Gasteiger partial charge on any atom is 0.315 e. The van der Waals surface area contributed by atoms with Crippen molar-refractivity contribution in [2.45, 2.75) is 62.3 Å². The first kappa shape index (κ1) is 20.3. The van der Waals surface area contributed by atoms with E-state index in [4.69, 9.17) is 0 Å². The summed E-state index contributed by atoms with van der Waals surface area (Å²) in [7, 11) is -3.47. The molecule has 0 aromatic heterocycles. The highest BCUT2D eigenvalue weighted by Crippen LogP contribution is 2.55. The fourth-order valence-corrected chi connectivity index (χ4v) is 8.71. The molecule has 7 heteroatoms. The first-order valence-electron chi connectivity index (χ1n) is 11.4. The lowest BCUT2D eigenvalue weighted by molar-refractivity contribution is -0.0135. The first-order valence-corrected chi connectivity index (χ1v) is 12.9. The van der Waals surface area contributed by atoms with Gasteiger partial charge in [-0.05, 0) is 87.2 Å². The van der Waals surface area contributed by atoms with Crippen molar-refractivity contribution in [2.75, 3.05) is 19.6 Å². The van der Waals surface area contributed by atoms with Gasteiger partial charge in [0.15, 0.2) is 0 Å². The third-order valence-electron chi connectivity index (χ3n) is 7.93. The smallest absolute Gasteiger partial charge is 0.315 e. The number of benzene rings is 1. The minimum atomic E-state index is -3.47. The fourth-order valence-electron chi connectivity index (χ4n) is 6.95. The molecule has 5 aliphatic rings. The van der Waals surface area contributed by atoms with Crippen LogP contribution in [0.1, 0.15) is 50.5 Å². The zero-order valence-electron chi connectivity index (χ0n) is 17.8. The number of amides is 2. The SMILES string of the molecule is Cc1ccccc1S(=O)(=O)N1CCC(CNC(=O)NC23CC4CC(CC(C4)C2)C3)C1. The molecule has 6 nitrogen and oxygen atoms in total. The molecule has 2 N–H and O–H groups in total. The van der Waals surface area contributed by atoms with Crippen LogP contribution < -0.4 is 10.6 Å². The van der Waals surface area contributed by atoms with Crippen molar-refractivity contribution in [1.29, 1.82) is 0 Å². The van der Waals surface area contributed by atoms with Crippen molar-refractivity contribution in [3.8, 4) is 0 Å². The molecule has 1 heterocycles. The summed E-state index contributed by atoms with van der Waals surface area (Å²) < 4.78 is 27.5. The molecule has 4 aliphatic carbocycles. The van der Waals surface area contributed by atoms with Crippen molar-refractivity contribution < 1.29 is 13.2 Å². The Bertz CT molecular complexity index is 894. The number of nitrogens with one attached hydrogen (secondary N) is 2. The van der Waals surface area contributed by atoms with Gasteiger partial charge < -0.3 is 10.6 Å². The molecule has 4 bridgehead atoms. The van der Waals surface area contributed by atoms with Crippen LogP contribution in [0.25, 0.3) is 0 Å². The maximum atomic E-state index is 13.0. The van der Waals surface area contributed by atoms with Crippen LogP contribution in [0.15, 0.2) is 29.2 Å². The number of sulfonamides is 1. The van der Waals surface area contributed by atoms with Gasteiger partial charge in [-0.25, -0.2) is 13.2 Å². The van der Waals surface area contributed by atoms with Gasteiger partial charge in [0.25, 0.3) is 0 Å². The van der Waals surface area contributed by atoms with Gasteiger partial charge in [-0.3, -0.25) is 0 Å². The van der Waals surface area contributed by atoms with E-state index in [0.29, 0.717) is 24.5 Å². The van der Waals surface area contributed by atoms with Crippen molar-refractivity contribution in [3.63, 3.8) is 0 Å². The number of nitrogens with zero attached hydrogens (tertiary/aromatic N) is 1. The number of carbonyl (C=O) groups is 1. The van der Waals surface area contributed by atoms with Crippen molar-refractivity contribution in [3.05, 3.63) is 29.8 Å². The quantitative estimate of drug-likeness (QED) is 0.751. The molecule has 1 unspecified atom stereocenters. The van der Waals surface area contributed by atoms with Gasteiger partial charge in [0.2, 0.25) is 10.0 Å². The Morgan fingerprint density at radius 2 is 1.73 bits per heavy atom. The Balaban J connectivity index is 1.15. The van der Waals surface area contributed by atoms with Crippen LogP contribution in [-0.2, 0) is 10.0 Å². The summed E-state index contributed by atoms with van der Waals surface area (Å²) in [6, 6.07) is 7.06. The zero-order valence-corrected chi connectivity index (χ0v) is 18.6. The largest absolute Gasteiger partial charge is 0.338 e. The number of carbonyl (C=O) groups excluding carboxylic acids is 1. The molecular weight excluding hydrogens is 398 g/mol. The van der Waals surface area contributed by atoms with Crippen LogP contribution in [0, 0.1) is 30.6 Å². The van der Waals surface area contributed by atoms with Crippen LogP contribution in [0.5, 0.6) is 0 Å². The van der Waals surface area contributed by atoms with E-state index in [1.54, 1.807) is 16.4 Å². The van der Waals surface area contributed by atoms with Gasteiger partial charge in [0.1, 0.15) is 0 Å². The first-order chi connectivity index (χ1) is 14.3. The van der Waals surface area contributed by atoms with Crippen LogP contribution in [0.4, 0.5) is 4.79 Å². The molecule has 6 rings (SSSR count). The van der Waals surface area contributed by atoms with E-state index in [9.17, 15) is 13.2 Å². The lowest BCUT2D eigenvalue weighted by Gasteiger charge is -2.56. The number of urea groups is 1. The van der Waals surface area contributed by atoms with Crippen molar-refractivity contribution >= 4 is 16.1 Å². The molecule has 1 saturated heterocycles. The lowest BCUT2D eigenvalue weighted by atomic mass is 9.53. The molecule has 1 aromatic rings. The highest BCUT2D eigenvalue weighted by molar-refractivity contribution is 7.89. The summed E-state index contributed by atoms with van der Waals surface area (Å²) in [5, 5.41) is 6.39. The van der Waals surface area contributed by atoms with Crippen molar-refractivity contribution in [1.82, 2.24) is 14.9 Å². The second-order valence-corrected chi connectivity index (χ2v) is 12.2. The van der Waals surface area contributed by atoms with E-state index >= 15 is 0 Å². The second-order valence-electron chi connectivity index (χ2n) is 10.3. The Kier molecular flexibility index (Phi) is 5.09. The van der Waals surface area contributed by atoms with Crippen LogP contribution >= 0.6 is 0 Å². The van der Waals surface area contributed by atoms with E-state index in [-0.39, 0.29) is 17.5 Å². The van der Waals surface area contributed by atoms with Crippen LogP contribution in [0.2, 0.25) is 0 Å². The van der Waals surface area contributed by atoms with Crippen LogP contribution in [0.3, 0.4) is 0 Å². The summed E-state index contributed by atoms with van der Waals surface area (Å²) in [6.45, 7) is 3.34. The molecular formula is C23H33N3O3S. The predicted molar refractivity (Wildman–Crippen MR) is 115 cm³/mol. The zero-order chi connectivity index (χ0) is 20.9. The number of hydrogen-bond donors (Lipinski definition) is 2. The number of hydrogen-bond acceptors (Lipinski definition) is 3. The Hall–Kier alpha value is -1.60. The maximum absolute atomic E-state index is 13.0. The normalized spacial score (nSPS) is 35.5. The topological polar surface area (TPSA) is 78.5 Å². The van der Waals surface area contributed by atoms with E-state index in [2.05, 4.69) is 10.6 Å². The van der Waals surface area contributed by atoms with Gasteiger partial charge in [0.05, 0.1) is 4.90 Å². The van der Waals surface area contributed by atoms with Crippen molar-refractivity contribution in [2.24, 2.45) is 23.7 Å². The average molecular weight is 432 g/mol. The Morgan fingerprint density at radius 1 is 1.10 bits per heavy atom. The van der Waals surface area contributed by atoms with E-state index < -0.39 is 10.0 Å². The average Bonchev–Trinajstić information content (AvgIpc) is 3.15. The van der Waals surface area contributed by atoms with Gasteiger partial charge in [0, 0.05) is 25.2 Å². The summed E-state index contributed by atoms with van der Waals surface area (Å²) in [4.78, 5) is 13.1. The van der Waals surface area contributed by atoms with Gasteiger partial charge >= 0.3 is 6.03 Å².